The molecule has 4 nitrogen and oxygen atoms in total. The van der Waals surface area contributed by atoms with E-state index in [1.165, 1.54) is 12.8 Å². The third kappa shape index (κ3) is 2.58. The van der Waals surface area contributed by atoms with E-state index >= 15 is 0 Å². The van der Waals surface area contributed by atoms with Gasteiger partial charge in [-0.2, -0.15) is 0 Å². The summed E-state index contributed by atoms with van der Waals surface area (Å²) in [4.78, 5) is 6.94. The smallest absolute Gasteiger partial charge is 0.119 e. The van der Waals surface area contributed by atoms with Crippen LogP contribution < -0.4 is 4.74 Å². The van der Waals surface area contributed by atoms with Gasteiger partial charge in [0.15, 0.2) is 0 Å². The minimum atomic E-state index is -0.469. The number of methoxy groups -OCH3 is 1. The molecule has 3 aliphatic heterocycles. The van der Waals surface area contributed by atoms with Crippen LogP contribution in [0.5, 0.6) is 5.75 Å². The van der Waals surface area contributed by atoms with E-state index in [-0.39, 0.29) is 6.04 Å². The molecule has 1 aromatic carbocycles. The fraction of sp³-hybridized carbons (Fsp3) is 0.550. The van der Waals surface area contributed by atoms with Gasteiger partial charge in [0.05, 0.1) is 18.7 Å². The number of pyridine rings is 1. The number of benzene rings is 1. The Labute approximate surface area is 143 Å². The molecule has 3 saturated heterocycles. The summed E-state index contributed by atoms with van der Waals surface area (Å²) in [5.41, 5.74) is 1.89. The van der Waals surface area contributed by atoms with E-state index in [0.717, 1.165) is 53.6 Å². The molecule has 0 aliphatic carbocycles. The second-order valence-corrected chi connectivity index (χ2v) is 7.24. The molecule has 3 aliphatic rings. The van der Waals surface area contributed by atoms with Crippen molar-refractivity contribution in [2.45, 2.75) is 38.3 Å². The van der Waals surface area contributed by atoms with Gasteiger partial charge in [0.25, 0.3) is 0 Å². The molecule has 1 unspecified atom stereocenters. The van der Waals surface area contributed by atoms with Crippen LogP contribution in [-0.2, 0) is 0 Å². The van der Waals surface area contributed by atoms with Crippen LogP contribution in [0.3, 0.4) is 0 Å². The standard InChI is InChI=1S/C20H26N2O2/c1-3-13-12-22-9-7-14(13)10-19(22)20(23)16-6-8-21-18-5-4-15(24-2)11-17(16)18/h4-6,8,11,13-14,19-20,23H,3,7,9-10,12H2,1-2H3/t13-,14+,19+,20-/m0/s1. The van der Waals surface area contributed by atoms with E-state index in [2.05, 4.69) is 16.8 Å². The highest BCUT2D eigenvalue weighted by atomic mass is 16.5. The van der Waals surface area contributed by atoms with Crippen molar-refractivity contribution in [1.82, 2.24) is 9.88 Å². The molecule has 0 spiro atoms. The molecule has 0 saturated carbocycles. The minimum absolute atomic E-state index is 0.225. The van der Waals surface area contributed by atoms with E-state index in [1.54, 1.807) is 13.3 Å². The van der Waals surface area contributed by atoms with Gasteiger partial charge in [-0.05, 0) is 61.1 Å². The Hall–Kier alpha value is -1.65. The first-order valence-corrected chi connectivity index (χ1v) is 9.06. The maximum atomic E-state index is 11.2. The molecule has 24 heavy (non-hydrogen) atoms. The molecule has 4 heterocycles. The van der Waals surface area contributed by atoms with Gasteiger partial charge >= 0.3 is 0 Å². The molecule has 0 radical (unpaired) electrons. The molecule has 128 valence electrons. The van der Waals surface area contributed by atoms with Crippen LogP contribution in [0.1, 0.15) is 37.9 Å². The third-order valence-electron chi connectivity index (χ3n) is 6.13. The van der Waals surface area contributed by atoms with Gasteiger partial charge in [-0.1, -0.05) is 13.3 Å². The maximum Gasteiger partial charge on any atom is 0.119 e. The van der Waals surface area contributed by atoms with Gasteiger partial charge in [0.2, 0.25) is 0 Å². The van der Waals surface area contributed by atoms with Crippen molar-refractivity contribution < 1.29 is 9.84 Å². The van der Waals surface area contributed by atoms with Gasteiger partial charge in [-0.25, -0.2) is 0 Å². The first kappa shape index (κ1) is 15.9. The highest BCUT2D eigenvalue weighted by Gasteiger charge is 2.42. The molecular formula is C20H26N2O2. The quantitative estimate of drug-likeness (QED) is 0.935. The maximum absolute atomic E-state index is 11.2. The van der Waals surface area contributed by atoms with Crippen LogP contribution in [0.2, 0.25) is 0 Å². The first-order chi connectivity index (χ1) is 11.7. The van der Waals surface area contributed by atoms with E-state index in [0.29, 0.717) is 0 Å². The summed E-state index contributed by atoms with van der Waals surface area (Å²) in [5.74, 6) is 2.37. The van der Waals surface area contributed by atoms with Crippen molar-refractivity contribution in [2.75, 3.05) is 20.2 Å². The summed E-state index contributed by atoms with van der Waals surface area (Å²) >= 11 is 0. The molecule has 5 rings (SSSR count). The average Bonchev–Trinajstić information content (AvgIpc) is 2.66. The van der Waals surface area contributed by atoms with Crippen molar-refractivity contribution in [1.29, 1.82) is 0 Å². The average molecular weight is 326 g/mol. The van der Waals surface area contributed by atoms with Crippen molar-refractivity contribution in [2.24, 2.45) is 11.8 Å². The summed E-state index contributed by atoms with van der Waals surface area (Å²) in [6, 6.07) is 8.07. The predicted octanol–water partition coefficient (Wildman–Crippen LogP) is 3.40. The van der Waals surface area contributed by atoms with Crippen molar-refractivity contribution in [3.63, 3.8) is 0 Å². The Bertz CT molecular complexity index is 733. The third-order valence-corrected chi connectivity index (χ3v) is 6.13. The van der Waals surface area contributed by atoms with Crippen LogP contribution >= 0.6 is 0 Å². The minimum Gasteiger partial charge on any atom is -0.497 e. The van der Waals surface area contributed by atoms with Crippen LogP contribution in [-0.4, -0.2) is 41.2 Å². The fourth-order valence-electron chi connectivity index (χ4n) is 4.71. The molecular weight excluding hydrogens is 300 g/mol. The lowest BCUT2D eigenvalue weighted by Gasteiger charge is -2.51. The van der Waals surface area contributed by atoms with Gasteiger partial charge in [-0.3, -0.25) is 9.88 Å². The zero-order valence-corrected chi connectivity index (χ0v) is 14.5. The molecule has 4 heteroatoms. The summed E-state index contributed by atoms with van der Waals surface area (Å²) in [6.07, 6.45) is 4.97. The first-order valence-electron chi connectivity index (χ1n) is 9.06. The lowest BCUT2D eigenvalue weighted by molar-refractivity contribution is -0.0562. The Morgan fingerprint density at radius 1 is 1.38 bits per heavy atom. The topological polar surface area (TPSA) is 45.6 Å². The molecule has 1 aromatic heterocycles. The number of hydrogen-bond acceptors (Lipinski definition) is 4. The Morgan fingerprint density at radius 2 is 2.25 bits per heavy atom. The summed E-state index contributed by atoms with van der Waals surface area (Å²) < 4.78 is 5.36. The molecule has 2 bridgehead atoms. The number of piperidine rings is 3. The zero-order chi connectivity index (χ0) is 16.7. The van der Waals surface area contributed by atoms with Gasteiger partial charge < -0.3 is 9.84 Å². The monoisotopic (exact) mass is 326 g/mol. The fourth-order valence-corrected chi connectivity index (χ4v) is 4.71. The van der Waals surface area contributed by atoms with E-state index < -0.39 is 6.10 Å². The van der Waals surface area contributed by atoms with E-state index in [1.807, 2.05) is 24.3 Å². The number of ether oxygens (including phenoxy) is 1. The Balaban J connectivity index is 1.68. The van der Waals surface area contributed by atoms with Crippen LogP contribution in [0.15, 0.2) is 30.5 Å². The predicted molar refractivity (Wildman–Crippen MR) is 95.1 cm³/mol. The summed E-state index contributed by atoms with van der Waals surface area (Å²) in [7, 11) is 1.67. The van der Waals surface area contributed by atoms with Crippen molar-refractivity contribution >= 4 is 10.9 Å². The highest BCUT2D eigenvalue weighted by molar-refractivity contribution is 5.83. The number of aromatic nitrogens is 1. The lowest BCUT2D eigenvalue weighted by Crippen LogP contribution is -2.55. The number of hydrogen-bond donors (Lipinski definition) is 1. The molecule has 0 amide bonds. The number of nitrogens with zero attached hydrogens (tertiary/aromatic N) is 2. The normalized spacial score (nSPS) is 30.5. The van der Waals surface area contributed by atoms with Gasteiger partial charge in [-0.15, -0.1) is 0 Å². The molecule has 2 aromatic rings. The number of fused-ring (bicyclic) bond motifs is 4. The second-order valence-electron chi connectivity index (χ2n) is 7.24. The Kier molecular flexibility index (Phi) is 4.19. The van der Waals surface area contributed by atoms with Gasteiger partial charge in [0, 0.05) is 24.2 Å². The van der Waals surface area contributed by atoms with Crippen LogP contribution in [0.4, 0.5) is 0 Å². The summed E-state index contributed by atoms with van der Waals surface area (Å²) in [6.45, 7) is 4.55. The van der Waals surface area contributed by atoms with Crippen molar-refractivity contribution in [3.8, 4) is 5.75 Å². The number of aliphatic hydroxyl groups excluding tert-OH is 1. The summed E-state index contributed by atoms with van der Waals surface area (Å²) in [5, 5.41) is 12.2. The van der Waals surface area contributed by atoms with Crippen LogP contribution in [0, 0.1) is 11.8 Å². The van der Waals surface area contributed by atoms with E-state index in [9.17, 15) is 5.11 Å². The van der Waals surface area contributed by atoms with Crippen LogP contribution in [0.25, 0.3) is 10.9 Å². The highest BCUT2D eigenvalue weighted by Crippen LogP contribution is 2.42. The lowest BCUT2D eigenvalue weighted by atomic mass is 9.72. The van der Waals surface area contributed by atoms with E-state index in [4.69, 9.17) is 4.74 Å². The Morgan fingerprint density at radius 3 is 2.96 bits per heavy atom. The molecule has 3 fully saturated rings. The largest absolute Gasteiger partial charge is 0.497 e. The molecule has 1 N–H and O–H groups in total. The number of aliphatic hydroxyl groups is 1. The van der Waals surface area contributed by atoms with Gasteiger partial charge in [0.1, 0.15) is 5.75 Å². The second kappa shape index (κ2) is 6.34. The zero-order valence-electron chi connectivity index (χ0n) is 14.5. The number of rotatable bonds is 4. The van der Waals surface area contributed by atoms with Crippen molar-refractivity contribution in [3.05, 3.63) is 36.0 Å². The SMILES string of the molecule is CC[C@H]1CN2CC[C@@H]1C[C@@H]2[C@@H](O)c1ccnc2ccc(OC)cc12. The molecule has 5 atom stereocenters.